The fourth-order valence-corrected chi connectivity index (χ4v) is 2.67. The van der Waals surface area contributed by atoms with E-state index in [1.54, 1.807) is 0 Å². The average Bonchev–Trinajstić information content (AvgIpc) is 3.00. The molecule has 2 aromatic rings. The second-order valence-electron chi connectivity index (χ2n) is 4.76. The van der Waals surface area contributed by atoms with Crippen LogP contribution in [-0.2, 0) is 13.0 Å². The highest BCUT2D eigenvalue weighted by molar-refractivity contribution is 5.76. The van der Waals surface area contributed by atoms with Crippen LogP contribution >= 0.6 is 0 Å². The number of nitrogens with zero attached hydrogens (tertiary/aromatic N) is 3. The highest BCUT2D eigenvalue weighted by Gasteiger charge is 2.18. The zero-order valence-corrected chi connectivity index (χ0v) is 10.3. The summed E-state index contributed by atoms with van der Waals surface area (Å²) >= 11 is 0. The predicted octanol–water partition coefficient (Wildman–Crippen LogP) is 1.85. The normalized spacial score (nSPS) is 19.2. The lowest BCUT2D eigenvalue weighted by Crippen LogP contribution is -2.27. The van der Waals surface area contributed by atoms with Crippen molar-refractivity contribution in [3.05, 3.63) is 30.1 Å². The van der Waals surface area contributed by atoms with Crippen molar-refractivity contribution in [1.82, 2.24) is 14.9 Å². The molecule has 1 atom stereocenters. The summed E-state index contributed by atoms with van der Waals surface area (Å²) in [7, 11) is 0. The summed E-state index contributed by atoms with van der Waals surface area (Å²) in [4.78, 5) is 4.56. The Balaban J connectivity index is 2.00. The lowest BCUT2D eigenvalue weighted by Gasteiger charge is -2.13. The van der Waals surface area contributed by atoms with Crippen LogP contribution in [-0.4, -0.2) is 22.1 Å². The molecule has 1 fully saturated rings. The van der Waals surface area contributed by atoms with Gasteiger partial charge in [-0.3, -0.25) is 0 Å². The zero-order chi connectivity index (χ0) is 12.4. The third-order valence-electron chi connectivity index (χ3n) is 3.54. The molecule has 1 aliphatic rings. The van der Waals surface area contributed by atoms with E-state index < -0.39 is 0 Å². The third-order valence-corrected chi connectivity index (χ3v) is 3.54. The molecule has 0 unspecified atom stereocenters. The lowest BCUT2D eigenvalue weighted by molar-refractivity contribution is 0.508. The van der Waals surface area contributed by atoms with Gasteiger partial charge in [0.1, 0.15) is 5.82 Å². The minimum Gasteiger partial charge on any atom is -0.326 e. The van der Waals surface area contributed by atoms with E-state index in [2.05, 4.69) is 27.0 Å². The Morgan fingerprint density at radius 2 is 2.33 bits per heavy atom. The topological polar surface area (TPSA) is 53.6 Å². The highest BCUT2D eigenvalue weighted by Crippen LogP contribution is 2.18. The van der Waals surface area contributed by atoms with Crippen LogP contribution in [0, 0.1) is 11.3 Å². The van der Waals surface area contributed by atoms with Crippen molar-refractivity contribution in [3.63, 3.8) is 0 Å². The van der Waals surface area contributed by atoms with E-state index in [-0.39, 0.29) is 0 Å². The molecule has 0 amide bonds. The van der Waals surface area contributed by atoms with Gasteiger partial charge in [0.25, 0.3) is 0 Å². The molecule has 2 heterocycles. The van der Waals surface area contributed by atoms with E-state index in [9.17, 15) is 0 Å². The Kier molecular flexibility index (Phi) is 2.99. The number of nitriles is 1. The van der Waals surface area contributed by atoms with Crippen molar-refractivity contribution in [2.45, 2.75) is 31.8 Å². The maximum Gasteiger partial charge on any atom is 0.124 e. The standard InChI is InChI=1S/C14H16N4/c15-8-7-14-17-12-5-1-2-6-13(12)18(14)10-11-4-3-9-16-11/h1-2,5-6,11,16H,3-4,7,9-10H2/t11-/m0/s1. The van der Waals surface area contributed by atoms with Gasteiger partial charge < -0.3 is 9.88 Å². The Morgan fingerprint density at radius 1 is 1.44 bits per heavy atom. The second kappa shape index (κ2) is 4.79. The van der Waals surface area contributed by atoms with Gasteiger partial charge in [-0.1, -0.05) is 12.1 Å². The van der Waals surface area contributed by atoms with Crippen LogP contribution in [0.3, 0.4) is 0 Å². The number of imidazole rings is 1. The van der Waals surface area contributed by atoms with Crippen LogP contribution in [0.25, 0.3) is 11.0 Å². The van der Waals surface area contributed by atoms with Gasteiger partial charge in [-0.2, -0.15) is 5.26 Å². The van der Waals surface area contributed by atoms with Crippen LogP contribution in [0.1, 0.15) is 18.7 Å². The first-order chi connectivity index (χ1) is 8.88. The van der Waals surface area contributed by atoms with Gasteiger partial charge in [0.2, 0.25) is 0 Å². The molecule has 1 aromatic carbocycles. The maximum absolute atomic E-state index is 8.91. The van der Waals surface area contributed by atoms with Crippen LogP contribution in [0.5, 0.6) is 0 Å². The summed E-state index contributed by atoms with van der Waals surface area (Å²) in [5.74, 6) is 0.882. The molecular weight excluding hydrogens is 224 g/mol. The molecule has 4 heteroatoms. The summed E-state index contributed by atoms with van der Waals surface area (Å²) in [6.45, 7) is 2.02. The lowest BCUT2D eigenvalue weighted by atomic mass is 10.2. The molecule has 1 N–H and O–H groups in total. The zero-order valence-electron chi connectivity index (χ0n) is 10.3. The van der Waals surface area contributed by atoms with Crippen LogP contribution in [0.2, 0.25) is 0 Å². The number of hydrogen-bond donors (Lipinski definition) is 1. The molecule has 1 aliphatic heterocycles. The molecule has 0 spiro atoms. The molecule has 1 aromatic heterocycles. The first-order valence-electron chi connectivity index (χ1n) is 6.43. The predicted molar refractivity (Wildman–Crippen MR) is 70.1 cm³/mol. The number of fused-ring (bicyclic) bond motifs is 1. The molecule has 18 heavy (non-hydrogen) atoms. The number of benzene rings is 1. The number of hydrogen-bond acceptors (Lipinski definition) is 3. The number of rotatable bonds is 3. The van der Waals surface area contributed by atoms with Crippen molar-refractivity contribution in [2.75, 3.05) is 6.54 Å². The molecule has 0 radical (unpaired) electrons. The van der Waals surface area contributed by atoms with E-state index in [1.807, 2.05) is 18.2 Å². The quantitative estimate of drug-likeness (QED) is 0.890. The number of nitrogens with one attached hydrogen (secondary N) is 1. The largest absolute Gasteiger partial charge is 0.326 e. The first kappa shape index (κ1) is 11.2. The summed E-state index contributed by atoms with van der Waals surface area (Å²) in [5.41, 5.74) is 2.12. The SMILES string of the molecule is N#CCc1nc2ccccc2n1C[C@@H]1CCCN1. The summed E-state index contributed by atoms with van der Waals surface area (Å²) in [5, 5.41) is 12.4. The molecule has 92 valence electrons. The van der Waals surface area contributed by atoms with Crippen LogP contribution < -0.4 is 5.32 Å². The van der Waals surface area contributed by atoms with E-state index in [4.69, 9.17) is 5.26 Å². The van der Waals surface area contributed by atoms with Gasteiger partial charge in [0.15, 0.2) is 0 Å². The van der Waals surface area contributed by atoms with Crippen molar-refractivity contribution >= 4 is 11.0 Å². The fraction of sp³-hybridized carbons (Fsp3) is 0.429. The minimum atomic E-state index is 0.376. The Bertz CT molecular complexity index is 587. The van der Waals surface area contributed by atoms with Gasteiger partial charge in [-0.15, -0.1) is 0 Å². The molecule has 4 nitrogen and oxygen atoms in total. The van der Waals surface area contributed by atoms with E-state index in [0.717, 1.165) is 29.9 Å². The van der Waals surface area contributed by atoms with E-state index in [1.165, 1.54) is 12.8 Å². The summed E-state index contributed by atoms with van der Waals surface area (Å²) in [6, 6.07) is 10.8. The number of aromatic nitrogens is 2. The Labute approximate surface area is 106 Å². The van der Waals surface area contributed by atoms with Crippen molar-refractivity contribution in [3.8, 4) is 6.07 Å². The van der Waals surface area contributed by atoms with E-state index in [0.29, 0.717) is 12.5 Å². The maximum atomic E-state index is 8.91. The van der Waals surface area contributed by atoms with Gasteiger partial charge in [0, 0.05) is 12.6 Å². The van der Waals surface area contributed by atoms with Crippen molar-refractivity contribution in [1.29, 1.82) is 5.26 Å². The highest BCUT2D eigenvalue weighted by atomic mass is 15.1. The Morgan fingerprint density at radius 3 is 3.11 bits per heavy atom. The first-order valence-corrected chi connectivity index (χ1v) is 6.43. The average molecular weight is 240 g/mol. The summed E-state index contributed by atoms with van der Waals surface area (Å²) < 4.78 is 2.20. The van der Waals surface area contributed by atoms with Crippen molar-refractivity contribution in [2.24, 2.45) is 0 Å². The number of para-hydroxylation sites is 2. The van der Waals surface area contributed by atoms with Crippen LogP contribution in [0.15, 0.2) is 24.3 Å². The molecule has 0 aliphatic carbocycles. The molecule has 0 saturated carbocycles. The molecule has 0 bridgehead atoms. The third kappa shape index (κ3) is 1.98. The van der Waals surface area contributed by atoms with Crippen LogP contribution in [0.4, 0.5) is 0 Å². The van der Waals surface area contributed by atoms with Gasteiger partial charge in [0.05, 0.1) is 23.5 Å². The van der Waals surface area contributed by atoms with Crippen molar-refractivity contribution < 1.29 is 0 Å². The fourth-order valence-electron chi connectivity index (χ4n) is 2.67. The summed E-state index contributed by atoms with van der Waals surface area (Å²) in [6.07, 6.45) is 2.82. The van der Waals surface area contributed by atoms with E-state index >= 15 is 0 Å². The molecule has 1 saturated heterocycles. The second-order valence-corrected chi connectivity index (χ2v) is 4.76. The van der Waals surface area contributed by atoms with Gasteiger partial charge >= 0.3 is 0 Å². The van der Waals surface area contributed by atoms with Gasteiger partial charge in [-0.05, 0) is 31.5 Å². The smallest absolute Gasteiger partial charge is 0.124 e. The Hall–Kier alpha value is -1.86. The minimum absolute atomic E-state index is 0.376. The van der Waals surface area contributed by atoms with Gasteiger partial charge in [-0.25, -0.2) is 4.98 Å². The monoisotopic (exact) mass is 240 g/mol. The molecular formula is C14H16N4. The molecule has 3 rings (SSSR count).